The fraction of sp³-hybridized carbons (Fsp3) is 0.300. The number of benzene rings is 2. The molecule has 2 aromatic carbocycles. The van der Waals surface area contributed by atoms with Crippen molar-refractivity contribution in [1.82, 2.24) is 30.2 Å². The van der Waals surface area contributed by atoms with Crippen molar-refractivity contribution in [2.45, 2.75) is 62.4 Å². The van der Waals surface area contributed by atoms with E-state index in [1.165, 1.54) is 28.8 Å². The second-order valence-corrected chi connectivity index (χ2v) is 13.8. The average molecular weight is 717 g/mol. The summed E-state index contributed by atoms with van der Waals surface area (Å²) >= 11 is 0. The fourth-order valence-corrected chi connectivity index (χ4v) is 7.32. The number of hydrogen-bond acceptors (Lipinski definition) is 9. The summed E-state index contributed by atoms with van der Waals surface area (Å²) in [6.07, 6.45) is 11.5. The Morgan fingerprint density at radius 3 is 2.21 bits per heavy atom. The van der Waals surface area contributed by atoms with Crippen molar-refractivity contribution in [3.05, 3.63) is 134 Å². The number of carbonyl (C=O) groups is 2. The van der Waals surface area contributed by atoms with Crippen LogP contribution in [0.1, 0.15) is 76.2 Å². The summed E-state index contributed by atoms with van der Waals surface area (Å²) < 4.78 is 14.2. The van der Waals surface area contributed by atoms with Crippen LogP contribution in [0.15, 0.2) is 99.9 Å². The number of aromatic nitrogens is 4. The summed E-state index contributed by atoms with van der Waals surface area (Å²) in [7, 11) is 1.39. The molecule has 2 amide bonds. The lowest BCUT2D eigenvalue weighted by molar-refractivity contribution is 0.0903. The maximum absolute atomic E-state index is 13.3. The summed E-state index contributed by atoms with van der Waals surface area (Å²) in [5.41, 5.74) is 0.889. The first kappa shape index (κ1) is 35.2. The van der Waals surface area contributed by atoms with Gasteiger partial charge >= 0.3 is 0 Å². The number of nitrogens with zero attached hydrogens (tertiary/aromatic N) is 4. The van der Waals surface area contributed by atoms with E-state index >= 15 is 0 Å². The third kappa shape index (κ3) is 7.14. The third-order valence-corrected chi connectivity index (χ3v) is 10.4. The van der Waals surface area contributed by atoms with Crippen LogP contribution in [0.3, 0.4) is 0 Å². The summed E-state index contributed by atoms with van der Waals surface area (Å²) in [6, 6.07) is 19.8. The van der Waals surface area contributed by atoms with E-state index in [9.17, 15) is 24.3 Å². The van der Waals surface area contributed by atoms with E-state index in [1.807, 2.05) is 42.5 Å². The van der Waals surface area contributed by atoms with Gasteiger partial charge in [0.15, 0.2) is 29.6 Å². The zero-order valence-electron chi connectivity index (χ0n) is 29.3. The van der Waals surface area contributed by atoms with Crippen molar-refractivity contribution >= 4 is 17.9 Å². The number of furan rings is 1. The van der Waals surface area contributed by atoms with Gasteiger partial charge in [0.05, 0.1) is 31.7 Å². The van der Waals surface area contributed by atoms with Gasteiger partial charge in [-0.2, -0.15) is 10.2 Å². The zero-order chi connectivity index (χ0) is 37.2. The molecular formula is C40H40N6O7. The highest BCUT2D eigenvalue weighted by molar-refractivity contribution is 5.92. The Labute approximate surface area is 304 Å². The topological polar surface area (TPSA) is 171 Å². The number of nitrogens with one attached hydrogen (secondary N) is 2. The highest BCUT2D eigenvalue weighted by Crippen LogP contribution is 2.50. The Morgan fingerprint density at radius 1 is 0.887 bits per heavy atom. The Hall–Kier alpha value is -6.24. The highest BCUT2D eigenvalue weighted by Gasteiger charge is 2.45. The molecule has 13 nitrogen and oxygen atoms in total. The average Bonchev–Trinajstić information content (AvgIpc) is 3.50. The number of ether oxygens (including phenoxy) is 1. The molecule has 272 valence electrons. The molecular weight excluding hydrogens is 676 g/mol. The molecule has 0 aliphatic heterocycles. The van der Waals surface area contributed by atoms with Gasteiger partial charge in [0.2, 0.25) is 0 Å². The monoisotopic (exact) mass is 716 g/mol. The van der Waals surface area contributed by atoms with Crippen LogP contribution in [0.5, 0.6) is 11.5 Å². The maximum atomic E-state index is 13.3. The summed E-state index contributed by atoms with van der Waals surface area (Å²) in [5.74, 6) is -1.68. The minimum Gasteiger partial charge on any atom is -0.503 e. The van der Waals surface area contributed by atoms with Gasteiger partial charge in [-0.15, -0.1) is 0 Å². The second kappa shape index (κ2) is 14.4. The standard InChI is InChI=1S/C40H40N6O7/c1-3-26-9-6-11-28(19-26)39(14-4-5-15-39)23-45-21-30(47)35(48)33(43-45)38(51)42-25-53-32-22-46(44-34(36(32)49)37(50)41-2)24-40(16-17-40)29-12-7-10-27(20-29)31-13-8-18-52-31/h3,6-13,18-22,47H,1,4-5,14-17,23-25H2,2H3,(H,41,50)(H,42,51). The first-order chi connectivity index (χ1) is 25.6. The van der Waals surface area contributed by atoms with Gasteiger partial charge in [0, 0.05) is 23.4 Å². The molecule has 3 aromatic heterocycles. The molecule has 2 fully saturated rings. The van der Waals surface area contributed by atoms with Gasteiger partial charge in [-0.1, -0.05) is 68.0 Å². The van der Waals surface area contributed by atoms with E-state index in [-0.39, 0.29) is 22.3 Å². The van der Waals surface area contributed by atoms with Gasteiger partial charge in [-0.25, -0.2) is 0 Å². The van der Waals surface area contributed by atoms with Crippen molar-refractivity contribution in [2.24, 2.45) is 0 Å². The van der Waals surface area contributed by atoms with Crippen molar-refractivity contribution in [3.63, 3.8) is 0 Å². The Balaban J connectivity index is 1.09. The summed E-state index contributed by atoms with van der Waals surface area (Å²) in [4.78, 5) is 52.2. The van der Waals surface area contributed by atoms with E-state index in [4.69, 9.17) is 9.15 Å². The largest absolute Gasteiger partial charge is 0.503 e. The van der Waals surface area contributed by atoms with E-state index in [0.29, 0.717) is 13.1 Å². The minimum absolute atomic E-state index is 0.217. The molecule has 0 bridgehead atoms. The van der Waals surface area contributed by atoms with Gasteiger partial charge < -0.3 is 24.9 Å². The van der Waals surface area contributed by atoms with Crippen LogP contribution in [0.2, 0.25) is 0 Å². The van der Waals surface area contributed by atoms with Gasteiger partial charge in [0.25, 0.3) is 22.7 Å². The molecule has 0 saturated heterocycles. The van der Waals surface area contributed by atoms with E-state index in [1.54, 1.807) is 12.3 Å². The minimum atomic E-state index is -0.938. The summed E-state index contributed by atoms with van der Waals surface area (Å²) in [6.45, 7) is 4.04. The quantitative estimate of drug-likeness (QED) is 0.145. The Kier molecular flexibility index (Phi) is 9.56. The highest BCUT2D eigenvalue weighted by atomic mass is 16.5. The normalized spacial score (nSPS) is 15.4. The Morgan fingerprint density at radius 2 is 1.55 bits per heavy atom. The second-order valence-electron chi connectivity index (χ2n) is 13.8. The predicted octanol–water partition coefficient (Wildman–Crippen LogP) is 4.78. The van der Waals surface area contributed by atoms with Crippen molar-refractivity contribution < 1.29 is 23.8 Å². The molecule has 0 radical (unpaired) electrons. The van der Waals surface area contributed by atoms with E-state index in [0.717, 1.165) is 66.5 Å². The molecule has 0 spiro atoms. The molecule has 2 aliphatic rings. The molecule has 7 rings (SSSR count). The van der Waals surface area contributed by atoms with Crippen LogP contribution in [-0.2, 0) is 23.9 Å². The molecule has 2 aliphatic carbocycles. The summed E-state index contributed by atoms with van der Waals surface area (Å²) in [5, 5.41) is 24.2. The van der Waals surface area contributed by atoms with Crippen molar-refractivity contribution in [1.29, 1.82) is 0 Å². The number of carbonyl (C=O) groups excluding carboxylic acids is 2. The maximum Gasteiger partial charge on any atom is 0.278 e. The lowest BCUT2D eigenvalue weighted by Gasteiger charge is -2.30. The number of amides is 2. The molecule has 0 atom stereocenters. The Bertz CT molecular complexity index is 2300. The fourth-order valence-electron chi connectivity index (χ4n) is 7.32. The van der Waals surface area contributed by atoms with Crippen LogP contribution < -0.4 is 26.2 Å². The molecule has 0 unspecified atom stereocenters. The van der Waals surface area contributed by atoms with Gasteiger partial charge in [-0.05, 0) is 60.6 Å². The van der Waals surface area contributed by atoms with Crippen molar-refractivity contribution in [2.75, 3.05) is 13.8 Å². The molecule has 13 heteroatoms. The van der Waals surface area contributed by atoms with Gasteiger partial charge in [0.1, 0.15) is 5.76 Å². The first-order valence-corrected chi connectivity index (χ1v) is 17.6. The molecule has 3 N–H and O–H groups in total. The SMILES string of the molecule is C=Cc1cccc(C2(Cn3cc(O)c(=O)c(C(=O)NCOc4cn(CC5(c6cccc(-c7ccco7)c6)CC5)nc(C(=O)NC)c4=O)n3)CCCC2)c1. The van der Waals surface area contributed by atoms with Gasteiger partial charge in [-0.3, -0.25) is 28.5 Å². The van der Waals surface area contributed by atoms with E-state index < -0.39 is 40.8 Å². The lowest BCUT2D eigenvalue weighted by Crippen LogP contribution is -2.37. The predicted molar refractivity (Wildman–Crippen MR) is 197 cm³/mol. The van der Waals surface area contributed by atoms with Crippen LogP contribution in [-0.4, -0.2) is 50.3 Å². The van der Waals surface area contributed by atoms with Crippen LogP contribution in [0.25, 0.3) is 17.4 Å². The molecule has 5 aromatic rings. The number of aromatic hydroxyl groups is 1. The number of hydrogen-bond donors (Lipinski definition) is 3. The van der Waals surface area contributed by atoms with Crippen molar-refractivity contribution in [3.8, 4) is 22.8 Å². The molecule has 53 heavy (non-hydrogen) atoms. The molecule has 2 saturated carbocycles. The van der Waals surface area contributed by atoms with Crippen LogP contribution in [0.4, 0.5) is 0 Å². The number of rotatable bonds is 13. The smallest absolute Gasteiger partial charge is 0.278 e. The van der Waals surface area contributed by atoms with Crippen LogP contribution in [0, 0.1) is 0 Å². The molecule has 3 heterocycles. The van der Waals surface area contributed by atoms with Crippen LogP contribution >= 0.6 is 0 Å². The third-order valence-electron chi connectivity index (χ3n) is 10.4. The lowest BCUT2D eigenvalue weighted by atomic mass is 9.78. The van der Waals surface area contributed by atoms with E-state index in [2.05, 4.69) is 45.6 Å². The first-order valence-electron chi connectivity index (χ1n) is 17.6. The zero-order valence-corrected chi connectivity index (χ0v) is 29.3.